The van der Waals surface area contributed by atoms with Crippen molar-refractivity contribution >= 4 is 23.3 Å². The molecule has 0 saturated heterocycles. The molecule has 0 saturated carbocycles. The highest BCUT2D eigenvalue weighted by molar-refractivity contribution is 5.90. The van der Waals surface area contributed by atoms with Gasteiger partial charge in [-0.1, -0.05) is 18.2 Å². The van der Waals surface area contributed by atoms with Crippen molar-refractivity contribution in [1.82, 2.24) is 0 Å². The quantitative estimate of drug-likeness (QED) is 0.450. The van der Waals surface area contributed by atoms with Crippen molar-refractivity contribution in [2.24, 2.45) is 0 Å². The lowest BCUT2D eigenvalue weighted by atomic mass is 10.2. The Hall–Kier alpha value is -3.22. The number of esters is 1. The molecule has 25 heavy (non-hydrogen) atoms. The smallest absolute Gasteiger partial charge is 0.306 e. The molecule has 0 aliphatic rings. The van der Waals surface area contributed by atoms with Crippen molar-refractivity contribution in [3.05, 3.63) is 70.3 Å². The number of hydrogen-bond acceptors (Lipinski definition) is 5. The number of ether oxygens (including phenoxy) is 1. The number of non-ortho nitro benzene ring substituents is 1. The van der Waals surface area contributed by atoms with Crippen molar-refractivity contribution in [2.75, 3.05) is 5.32 Å². The Balaban J connectivity index is 1.65. The summed E-state index contributed by atoms with van der Waals surface area (Å²) in [6.07, 6.45) is 0.745. The van der Waals surface area contributed by atoms with E-state index in [9.17, 15) is 19.7 Å². The molecule has 0 atom stereocenters. The number of para-hydroxylation sites is 1. The van der Waals surface area contributed by atoms with E-state index in [1.165, 1.54) is 12.1 Å². The Morgan fingerprint density at radius 3 is 2.32 bits per heavy atom. The van der Waals surface area contributed by atoms with E-state index in [0.29, 0.717) is 17.7 Å². The molecule has 0 aromatic heterocycles. The summed E-state index contributed by atoms with van der Waals surface area (Å²) in [5, 5.41) is 13.3. The van der Waals surface area contributed by atoms with Gasteiger partial charge in [0.25, 0.3) is 5.69 Å². The minimum Gasteiger partial charge on any atom is -0.461 e. The molecule has 0 bridgehead atoms. The van der Waals surface area contributed by atoms with Crippen molar-refractivity contribution in [1.29, 1.82) is 0 Å². The molecule has 0 spiro atoms. The number of anilines is 1. The van der Waals surface area contributed by atoms with E-state index in [1.807, 2.05) is 18.2 Å². The molecule has 0 aliphatic carbocycles. The summed E-state index contributed by atoms with van der Waals surface area (Å²) < 4.78 is 5.09. The van der Waals surface area contributed by atoms with Gasteiger partial charge in [-0.3, -0.25) is 19.7 Å². The Morgan fingerprint density at radius 1 is 1.00 bits per heavy atom. The van der Waals surface area contributed by atoms with Crippen LogP contribution in [0, 0.1) is 10.1 Å². The molecule has 2 rings (SSSR count). The number of nitrogens with zero attached hydrogens (tertiary/aromatic N) is 1. The van der Waals surface area contributed by atoms with Gasteiger partial charge >= 0.3 is 5.97 Å². The zero-order valence-corrected chi connectivity index (χ0v) is 13.5. The Labute approximate surface area is 144 Å². The van der Waals surface area contributed by atoms with Gasteiger partial charge in [-0.15, -0.1) is 0 Å². The third-order valence-electron chi connectivity index (χ3n) is 3.39. The maximum atomic E-state index is 11.7. The second-order valence-electron chi connectivity index (χ2n) is 5.35. The lowest BCUT2D eigenvalue weighted by molar-refractivity contribution is -0.384. The fourth-order valence-corrected chi connectivity index (χ4v) is 2.09. The van der Waals surface area contributed by atoms with Crippen LogP contribution in [0.25, 0.3) is 0 Å². The average Bonchev–Trinajstić information content (AvgIpc) is 2.61. The van der Waals surface area contributed by atoms with Crippen LogP contribution in [0.2, 0.25) is 0 Å². The SMILES string of the molecule is O=C(CCCC(=O)OCc1ccc([N+](=O)[O-])cc1)Nc1ccccc1. The fourth-order valence-electron chi connectivity index (χ4n) is 2.09. The third-order valence-corrected chi connectivity index (χ3v) is 3.39. The Morgan fingerprint density at radius 2 is 1.68 bits per heavy atom. The molecule has 1 N–H and O–H groups in total. The number of nitro groups is 1. The summed E-state index contributed by atoms with van der Waals surface area (Å²) in [6.45, 7) is 0.0487. The molecule has 2 aromatic carbocycles. The summed E-state index contributed by atoms with van der Waals surface area (Å²) in [6, 6.07) is 14.9. The number of benzene rings is 2. The van der Waals surface area contributed by atoms with Gasteiger partial charge in [0.05, 0.1) is 4.92 Å². The minimum absolute atomic E-state index is 0.0143. The summed E-state index contributed by atoms with van der Waals surface area (Å²) >= 11 is 0. The highest BCUT2D eigenvalue weighted by atomic mass is 16.6. The number of nitrogens with one attached hydrogen (secondary N) is 1. The number of rotatable bonds is 8. The predicted octanol–water partition coefficient (Wildman–Crippen LogP) is 3.45. The molecule has 130 valence electrons. The first-order valence-electron chi connectivity index (χ1n) is 7.78. The standard InChI is InChI=1S/C18H18N2O5/c21-17(19-15-5-2-1-3-6-15)7-4-8-18(22)25-13-14-9-11-16(12-10-14)20(23)24/h1-3,5-6,9-12H,4,7-8,13H2,(H,19,21). The maximum absolute atomic E-state index is 11.7. The van der Waals surface area contributed by atoms with Crippen LogP contribution in [0.15, 0.2) is 54.6 Å². The van der Waals surface area contributed by atoms with Crippen LogP contribution in [0.4, 0.5) is 11.4 Å². The van der Waals surface area contributed by atoms with Gasteiger partial charge in [0.2, 0.25) is 5.91 Å². The van der Waals surface area contributed by atoms with Gasteiger partial charge in [-0.2, -0.15) is 0 Å². The van der Waals surface area contributed by atoms with E-state index < -0.39 is 10.9 Å². The van der Waals surface area contributed by atoms with Crippen LogP contribution in [0.5, 0.6) is 0 Å². The molecule has 0 unspecified atom stereocenters. The second-order valence-corrected chi connectivity index (χ2v) is 5.35. The Kier molecular flexibility index (Phi) is 6.65. The van der Waals surface area contributed by atoms with E-state index in [2.05, 4.69) is 5.32 Å². The summed E-state index contributed by atoms with van der Waals surface area (Å²) in [4.78, 5) is 33.5. The number of nitro benzene ring substituents is 1. The topological polar surface area (TPSA) is 98.5 Å². The van der Waals surface area contributed by atoms with Crippen molar-refractivity contribution in [3.8, 4) is 0 Å². The molecule has 0 aliphatic heterocycles. The molecule has 0 fully saturated rings. The molecule has 1 amide bonds. The Bertz CT molecular complexity index is 729. The summed E-state index contributed by atoms with van der Waals surface area (Å²) in [5.41, 5.74) is 1.37. The van der Waals surface area contributed by atoms with Gasteiger partial charge < -0.3 is 10.1 Å². The molecular formula is C18H18N2O5. The molecule has 0 radical (unpaired) electrons. The average molecular weight is 342 g/mol. The second kappa shape index (κ2) is 9.17. The minimum atomic E-state index is -0.490. The fraction of sp³-hybridized carbons (Fsp3) is 0.222. The number of amides is 1. The monoisotopic (exact) mass is 342 g/mol. The largest absolute Gasteiger partial charge is 0.461 e. The van der Waals surface area contributed by atoms with Crippen LogP contribution in [-0.4, -0.2) is 16.8 Å². The van der Waals surface area contributed by atoms with Crippen LogP contribution < -0.4 is 5.32 Å². The molecule has 7 nitrogen and oxygen atoms in total. The number of carbonyl (C=O) groups excluding carboxylic acids is 2. The first kappa shape index (κ1) is 18.1. The molecule has 7 heteroatoms. The summed E-state index contributed by atoms with van der Waals surface area (Å²) in [5.74, 6) is -0.569. The van der Waals surface area contributed by atoms with Crippen LogP contribution >= 0.6 is 0 Å². The zero-order valence-electron chi connectivity index (χ0n) is 13.5. The van der Waals surface area contributed by atoms with Gasteiger partial charge in [-0.25, -0.2) is 0 Å². The van der Waals surface area contributed by atoms with Crippen LogP contribution in [0.3, 0.4) is 0 Å². The van der Waals surface area contributed by atoms with Crippen molar-refractivity contribution in [3.63, 3.8) is 0 Å². The zero-order chi connectivity index (χ0) is 18.1. The lowest BCUT2D eigenvalue weighted by Crippen LogP contribution is -2.12. The van der Waals surface area contributed by atoms with E-state index in [0.717, 1.165) is 0 Å². The van der Waals surface area contributed by atoms with Crippen LogP contribution in [0.1, 0.15) is 24.8 Å². The molecule has 2 aromatic rings. The van der Waals surface area contributed by atoms with E-state index in [-0.39, 0.29) is 31.0 Å². The van der Waals surface area contributed by atoms with Gasteiger partial charge in [0.1, 0.15) is 6.61 Å². The van der Waals surface area contributed by atoms with Gasteiger partial charge in [0.15, 0.2) is 0 Å². The third kappa shape index (κ3) is 6.42. The van der Waals surface area contributed by atoms with Crippen molar-refractivity contribution in [2.45, 2.75) is 25.9 Å². The van der Waals surface area contributed by atoms with Gasteiger partial charge in [0, 0.05) is 30.7 Å². The first-order valence-corrected chi connectivity index (χ1v) is 7.78. The van der Waals surface area contributed by atoms with E-state index in [1.54, 1.807) is 24.3 Å². The van der Waals surface area contributed by atoms with E-state index in [4.69, 9.17) is 4.74 Å². The normalized spacial score (nSPS) is 10.1. The molecule has 0 heterocycles. The lowest BCUT2D eigenvalue weighted by Gasteiger charge is -2.06. The van der Waals surface area contributed by atoms with Crippen LogP contribution in [-0.2, 0) is 20.9 Å². The van der Waals surface area contributed by atoms with E-state index >= 15 is 0 Å². The highest BCUT2D eigenvalue weighted by Gasteiger charge is 2.08. The number of carbonyl (C=O) groups is 2. The highest BCUT2D eigenvalue weighted by Crippen LogP contribution is 2.13. The summed E-state index contributed by atoms with van der Waals surface area (Å²) in [7, 11) is 0. The first-order chi connectivity index (χ1) is 12.0. The predicted molar refractivity (Wildman–Crippen MR) is 91.8 cm³/mol. The van der Waals surface area contributed by atoms with Crippen molar-refractivity contribution < 1.29 is 19.2 Å². The maximum Gasteiger partial charge on any atom is 0.306 e. The molecular weight excluding hydrogens is 324 g/mol. The van der Waals surface area contributed by atoms with Gasteiger partial charge in [-0.05, 0) is 36.2 Å². The number of hydrogen-bond donors (Lipinski definition) is 1.